The molecule has 5 rings (SSSR count). The van der Waals surface area contributed by atoms with Gasteiger partial charge >= 0.3 is 6.03 Å². The second-order valence-electron chi connectivity index (χ2n) is 8.85. The van der Waals surface area contributed by atoms with Gasteiger partial charge in [0.15, 0.2) is 0 Å². The van der Waals surface area contributed by atoms with Gasteiger partial charge in [-0.25, -0.2) is 4.79 Å². The van der Waals surface area contributed by atoms with Crippen molar-refractivity contribution in [3.05, 3.63) is 60.8 Å². The molecule has 1 aliphatic heterocycles. The van der Waals surface area contributed by atoms with Crippen LogP contribution in [0.15, 0.2) is 60.8 Å². The van der Waals surface area contributed by atoms with Crippen LogP contribution in [0.25, 0.3) is 11.3 Å². The molecule has 0 unspecified atom stereocenters. The van der Waals surface area contributed by atoms with E-state index in [0.717, 1.165) is 30.5 Å². The molecule has 35 heavy (non-hydrogen) atoms. The summed E-state index contributed by atoms with van der Waals surface area (Å²) in [6.07, 6.45) is 5.94. The highest BCUT2D eigenvalue weighted by Gasteiger charge is 2.58. The Labute approximate surface area is 202 Å². The highest BCUT2D eigenvalue weighted by molar-refractivity contribution is 6.22. The largest absolute Gasteiger partial charge is 0.467 e. The zero-order valence-corrected chi connectivity index (χ0v) is 19.3. The molecular formula is C26H26N4O5. The summed E-state index contributed by atoms with van der Waals surface area (Å²) in [5.41, 5.74) is 0.247. The standard InChI is InChI=1S/C26H26N4O5/c1-30-22(15-16-27-30)17-7-9-19(10-8-17)34-20-11-13-21(14-12-20)35-26(18-5-3-2-4-6-18)23(31)28-25(33)29-24(26)32/h7-16,18H,2-6H2,1H3,(H2,28,29,31,32,33). The first-order valence-electron chi connectivity index (χ1n) is 11.7. The molecule has 1 saturated carbocycles. The summed E-state index contributed by atoms with van der Waals surface area (Å²) >= 11 is 0. The summed E-state index contributed by atoms with van der Waals surface area (Å²) in [4.78, 5) is 37.6. The number of aryl methyl sites for hydroxylation is 1. The molecule has 0 spiro atoms. The Kier molecular flexibility index (Phi) is 5.98. The van der Waals surface area contributed by atoms with Gasteiger partial charge in [0.25, 0.3) is 17.4 Å². The summed E-state index contributed by atoms with van der Waals surface area (Å²) in [6.45, 7) is 0. The molecule has 0 bridgehead atoms. The predicted octanol–water partition coefficient (Wildman–Crippen LogP) is 3.94. The van der Waals surface area contributed by atoms with Crippen LogP contribution >= 0.6 is 0 Å². The second kappa shape index (κ2) is 9.25. The highest BCUT2D eigenvalue weighted by atomic mass is 16.5. The number of hydrogen-bond acceptors (Lipinski definition) is 6. The fourth-order valence-corrected chi connectivity index (χ4v) is 4.83. The Morgan fingerprint density at radius 3 is 1.97 bits per heavy atom. The third-order valence-corrected chi connectivity index (χ3v) is 6.62. The van der Waals surface area contributed by atoms with Crippen LogP contribution in [0.3, 0.4) is 0 Å². The number of rotatable bonds is 6. The minimum Gasteiger partial charge on any atom is -0.467 e. The monoisotopic (exact) mass is 474 g/mol. The average molecular weight is 475 g/mol. The lowest BCUT2D eigenvalue weighted by Crippen LogP contribution is -2.72. The van der Waals surface area contributed by atoms with Crippen molar-refractivity contribution in [3.63, 3.8) is 0 Å². The number of imide groups is 2. The topological polar surface area (TPSA) is 112 Å². The molecule has 0 atom stereocenters. The molecule has 0 radical (unpaired) electrons. The van der Waals surface area contributed by atoms with Gasteiger partial charge in [-0.15, -0.1) is 0 Å². The molecule has 180 valence electrons. The SMILES string of the molecule is Cn1nccc1-c1ccc(Oc2ccc(OC3(C4CCCCC4)C(=O)NC(=O)NC3=O)cc2)cc1. The third kappa shape index (κ3) is 4.37. The first kappa shape index (κ1) is 22.6. The molecule has 1 aliphatic carbocycles. The number of carbonyl (C=O) groups is 3. The van der Waals surface area contributed by atoms with Gasteiger partial charge in [0, 0.05) is 24.7 Å². The number of ether oxygens (including phenoxy) is 2. The van der Waals surface area contributed by atoms with E-state index < -0.39 is 23.4 Å². The van der Waals surface area contributed by atoms with Crippen LogP contribution in [0.5, 0.6) is 17.2 Å². The highest BCUT2D eigenvalue weighted by Crippen LogP contribution is 2.38. The number of nitrogens with zero attached hydrogens (tertiary/aromatic N) is 2. The first-order valence-corrected chi connectivity index (χ1v) is 11.7. The van der Waals surface area contributed by atoms with E-state index in [1.54, 1.807) is 35.1 Å². The molecule has 4 amide bonds. The lowest BCUT2D eigenvalue weighted by molar-refractivity contribution is -0.158. The zero-order chi connectivity index (χ0) is 24.4. The molecule has 9 heteroatoms. The van der Waals surface area contributed by atoms with Gasteiger partial charge in [-0.1, -0.05) is 19.3 Å². The van der Waals surface area contributed by atoms with Crippen LogP contribution in [0, 0.1) is 5.92 Å². The van der Waals surface area contributed by atoms with Gasteiger partial charge in [0.1, 0.15) is 17.2 Å². The Morgan fingerprint density at radius 2 is 1.40 bits per heavy atom. The van der Waals surface area contributed by atoms with Crippen molar-refractivity contribution >= 4 is 17.8 Å². The van der Waals surface area contributed by atoms with Crippen LogP contribution in [0.4, 0.5) is 4.79 Å². The predicted molar refractivity (Wildman–Crippen MR) is 127 cm³/mol. The van der Waals surface area contributed by atoms with Gasteiger partial charge in [-0.05, 0) is 67.4 Å². The van der Waals surface area contributed by atoms with Gasteiger partial charge < -0.3 is 9.47 Å². The number of benzene rings is 2. The molecule has 2 aliphatic rings. The molecule has 1 aromatic heterocycles. The van der Waals surface area contributed by atoms with Crippen LogP contribution < -0.4 is 20.1 Å². The van der Waals surface area contributed by atoms with Gasteiger partial charge in [-0.3, -0.25) is 24.9 Å². The Bertz CT molecular complexity index is 1220. The number of carbonyl (C=O) groups excluding carboxylic acids is 3. The average Bonchev–Trinajstić information content (AvgIpc) is 3.29. The van der Waals surface area contributed by atoms with E-state index >= 15 is 0 Å². The molecule has 2 N–H and O–H groups in total. The smallest absolute Gasteiger partial charge is 0.328 e. The molecule has 2 aromatic carbocycles. The zero-order valence-electron chi connectivity index (χ0n) is 19.3. The first-order chi connectivity index (χ1) is 17.0. The maximum Gasteiger partial charge on any atom is 0.328 e. The molecule has 9 nitrogen and oxygen atoms in total. The van der Waals surface area contributed by atoms with Crippen LogP contribution in [-0.4, -0.2) is 33.2 Å². The number of urea groups is 1. The Morgan fingerprint density at radius 1 is 0.829 bits per heavy atom. The van der Waals surface area contributed by atoms with Crippen molar-refractivity contribution in [2.75, 3.05) is 0 Å². The lowest BCUT2D eigenvalue weighted by Gasteiger charge is -2.41. The van der Waals surface area contributed by atoms with Gasteiger partial charge in [0.05, 0.1) is 5.69 Å². The number of amides is 4. The molecule has 3 aromatic rings. The third-order valence-electron chi connectivity index (χ3n) is 6.62. The molecule has 2 heterocycles. The fourth-order valence-electron chi connectivity index (χ4n) is 4.83. The van der Waals surface area contributed by atoms with Crippen molar-refractivity contribution in [3.8, 4) is 28.5 Å². The summed E-state index contributed by atoms with van der Waals surface area (Å²) in [5, 5.41) is 8.62. The number of aromatic nitrogens is 2. The van der Waals surface area contributed by atoms with Crippen LogP contribution in [0.1, 0.15) is 32.1 Å². The van der Waals surface area contributed by atoms with E-state index in [2.05, 4.69) is 15.7 Å². The van der Waals surface area contributed by atoms with Crippen molar-refractivity contribution in [1.29, 1.82) is 0 Å². The van der Waals surface area contributed by atoms with E-state index in [-0.39, 0.29) is 5.92 Å². The maximum absolute atomic E-state index is 12.9. The summed E-state index contributed by atoms with van der Waals surface area (Å²) < 4.78 is 13.8. The molecule has 1 saturated heterocycles. The van der Waals surface area contributed by atoms with E-state index in [4.69, 9.17) is 9.47 Å². The van der Waals surface area contributed by atoms with E-state index in [0.29, 0.717) is 30.1 Å². The number of nitrogens with one attached hydrogen (secondary N) is 2. The van der Waals surface area contributed by atoms with Crippen molar-refractivity contribution in [1.82, 2.24) is 20.4 Å². The van der Waals surface area contributed by atoms with Crippen LogP contribution in [-0.2, 0) is 16.6 Å². The Hall–Kier alpha value is -4.14. The summed E-state index contributed by atoms with van der Waals surface area (Å²) in [5.74, 6) is -0.177. The van der Waals surface area contributed by atoms with Crippen molar-refractivity contribution in [2.24, 2.45) is 13.0 Å². The minimum absolute atomic E-state index is 0.321. The van der Waals surface area contributed by atoms with E-state index in [9.17, 15) is 14.4 Å². The summed E-state index contributed by atoms with van der Waals surface area (Å²) in [6, 6.07) is 15.5. The van der Waals surface area contributed by atoms with Crippen molar-refractivity contribution in [2.45, 2.75) is 37.7 Å². The number of hydrogen-bond donors (Lipinski definition) is 2. The minimum atomic E-state index is -1.78. The quantitative estimate of drug-likeness (QED) is 0.524. The van der Waals surface area contributed by atoms with E-state index in [1.807, 2.05) is 37.4 Å². The maximum atomic E-state index is 12.9. The second-order valence-corrected chi connectivity index (χ2v) is 8.85. The fraction of sp³-hybridized carbons (Fsp3) is 0.308. The van der Waals surface area contributed by atoms with Gasteiger partial charge in [0.2, 0.25) is 0 Å². The van der Waals surface area contributed by atoms with Gasteiger partial charge in [-0.2, -0.15) is 5.10 Å². The molecule has 2 fully saturated rings. The van der Waals surface area contributed by atoms with E-state index in [1.165, 1.54) is 0 Å². The summed E-state index contributed by atoms with van der Waals surface area (Å²) in [7, 11) is 1.89. The number of barbiturate groups is 1. The normalized spacial score (nSPS) is 18.0. The van der Waals surface area contributed by atoms with Crippen molar-refractivity contribution < 1.29 is 23.9 Å². The molecular weight excluding hydrogens is 448 g/mol. The lowest BCUT2D eigenvalue weighted by atomic mass is 9.75. The Balaban J connectivity index is 1.33. The van der Waals surface area contributed by atoms with Crippen LogP contribution in [0.2, 0.25) is 0 Å².